The molecule has 0 spiro atoms. The summed E-state index contributed by atoms with van der Waals surface area (Å²) in [5.74, 6) is 0.781. The Hall–Kier alpha value is -2.82. The molecular weight excluding hydrogens is 328 g/mol. The van der Waals surface area contributed by atoms with Crippen molar-refractivity contribution in [3.8, 4) is 5.75 Å². The predicted octanol–water partition coefficient (Wildman–Crippen LogP) is 3.13. The first-order valence-corrected chi connectivity index (χ1v) is 8.89. The first-order valence-electron chi connectivity index (χ1n) is 8.89. The SMILES string of the molecule is Cc1cccc(C)c1OCC(=O)NCc1ccc(N2CCCC2=O)cc1. The lowest BCUT2D eigenvalue weighted by Gasteiger charge is -2.16. The minimum atomic E-state index is -0.161. The second-order valence-corrected chi connectivity index (χ2v) is 6.60. The summed E-state index contributed by atoms with van der Waals surface area (Å²) in [7, 11) is 0. The standard InChI is InChI=1S/C21H24N2O3/c1-15-5-3-6-16(2)21(15)26-14-19(24)22-13-17-8-10-18(11-9-17)23-12-4-7-20(23)25/h3,5-6,8-11H,4,7,12-14H2,1-2H3,(H,22,24). The first kappa shape index (κ1) is 18.0. The molecule has 0 aliphatic carbocycles. The third kappa shape index (κ3) is 4.23. The summed E-state index contributed by atoms with van der Waals surface area (Å²) in [6.07, 6.45) is 1.54. The van der Waals surface area contributed by atoms with Gasteiger partial charge in [-0.2, -0.15) is 0 Å². The molecule has 1 heterocycles. The summed E-state index contributed by atoms with van der Waals surface area (Å²) < 4.78 is 5.66. The lowest BCUT2D eigenvalue weighted by Crippen LogP contribution is -2.28. The van der Waals surface area contributed by atoms with Gasteiger partial charge < -0.3 is 15.0 Å². The molecule has 1 N–H and O–H groups in total. The summed E-state index contributed by atoms with van der Waals surface area (Å²) >= 11 is 0. The van der Waals surface area contributed by atoms with E-state index in [4.69, 9.17) is 4.74 Å². The highest BCUT2D eigenvalue weighted by Gasteiger charge is 2.21. The molecule has 1 fully saturated rings. The second-order valence-electron chi connectivity index (χ2n) is 6.60. The fraction of sp³-hybridized carbons (Fsp3) is 0.333. The van der Waals surface area contributed by atoms with E-state index < -0.39 is 0 Å². The summed E-state index contributed by atoms with van der Waals surface area (Å²) in [6, 6.07) is 13.6. The van der Waals surface area contributed by atoms with E-state index in [9.17, 15) is 9.59 Å². The van der Waals surface area contributed by atoms with Gasteiger partial charge in [0.2, 0.25) is 5.91 Å². The zero-order valence-electron chi connectivity index (χ0n) is 15.2. The van der Waals surface area contributed by atoms with Crippen LogP contribution in [0.1, 0.15) is 29.5 Å². The van der Waals surface area contributed by atoms with Crippen LogP contribution in [0.4, 0.5) is 5.69 Å². The van der Waals surface area contributed by atoms with Gasteiger partial charge in [-0.15, -0.1) is 0 Å². The Balaban J connectivity index is 1.49. The van der Waals surface area contributed by atoms with Crippen LogP contribution in [-0.4, -0.2) is 25.0 Å². The number of nitrogens with one attached hydrogen (secondary N) is 1. The molecule has 5 nitrogen and oxygen atoms in total. The molecule has 0 radical (unpaired) electrons. The highest BCUT2D eigenvalue weighted by Crippen LogP contribution is 2.22. The zero-order chi connectivity index (χ0) is 18.5. The lowest BCUT2D eigenvalue weighted by atomic mass is 10.1. The van der Waals surface area contributed by atoms with E-state index in [2.05, 4.69) is 5.32 Å². The number of para-hydroxylation sites is 1. The molecular formula is C21H24N2O3. The van der Waals surface area contributed by atoms with E-state index in [1.807, 2.05) is 56.3 Å². The van der Waals surface area contributed by atoms with E-state index in [0.29, 0.717) is 13.0 Å². The number of nitrogens with zero attached hydrogens (tertiary/aromatic N) is 1. The molecule has 2 aromatic carbocycles. The maximum Gasteiger partial charge on any atom is 0.258 e. The van der Waals surface area contributed by atoms with Crippen LogP contribution < -0.4 is 15.0 Å². The minimum Gasteiger partial charge on any atom is -0.483 e. The van der Waals surface area contributed by atoms with Gasteiger partial charge in [-0.05, 0) is 49.1 Å². The Bertz CT molecular complexity index is 779. The van der Waals surface area contributed by atoms with Crippen LogP contribution in [0.3, 0.4) is 0 Å². The van der Waals surface area contributed by atoms with Gasteiger partial charge in [0.05, 0.1) is 0 Å². The van der Waals surface area contributed by atoms with Crippen molar-refractivity contribution in [2.75, 3.05) is 18.1 Å². The van der Waals surface area contributed by atoms with Gasteiger partial charge in [-0.1, -0.05) is 30.3 Å². The van der Waals surface area contributed by atoms with Crippen molar-refractivity contribution in [3.05, 3.63) is 59.2 Å². The predicted molar refractivity (Wildman–Crippen MR) is 101 cm³/mol. The third-order valence-electron chi connectivity index (χ3n) is 4.57. The van der Waals surface area contributed by atoms with E-state index in [-0.39, 0.29) is 18.4 Å². The number of benzene rings is 2. The smallest absolute Gasteiger partial charge is 0.258 e. The molecule has 1 saturated heterocycles. The molecule has 3 rings (SSSR count). The van der Waals surface area contributed by atoms with Crippen molar-refractivity contribution in [1.29, 1.82) is 0 Å². The van der Waals surface area contributed by atoms with Gasteiger partial charge in [-0.25, -0.2) is 0 Å². The Labute approximate surface area is 154 Å². The van der Waals surface area contributed by atoms with E-state index in [1.54, 1.807) is 4.90 Å². The summed E-state index contributed by atoms with van der Waals surface area (Å²) in [4.78, 5) is 25.6. The topological polar surface area (TPSA) is 58.6 Å². The Morgan fingerprint density at radius 2 is 1.81 bits per heavy atom. The number of hydrogen-bond donors (Lipinski definition) is 1. The number of anilines is 1. The Kier molecular flexibility index (Phi) is 5.56. The van der Waals surface area contributed by atoms with Gasteiger partial charge in [-0.3, -0.25) is 9.59 Å². The third-order valence-corrected chi connectivity index (χ3v) is 4.57. The Morgan fingerprint density at radius 3 is 2.42 bits per heavy atom. The normalized spacial score (nSPS) is 13.8. The van der Waals surface area contributed by atoms with Gasteiger partial charge in [0.1, 0.15) is 5.75 Å². The van der Waals surface area contributed by atoms with E-state index in [1.165, 1.54) is 0 Å². The number of hydrogen-bond acceptors (Lipinski definition) is 3. The number of amides is 2. The number of rotatable bonds is 6. The van der Waals surface area contributed by atoms with E-state index in [0.717, 1.165) is 41.1 Å². The highest BCUT2D eigenvalue weighted by molar-refractivity contribution is 5.95. The molecule has 5 heteroatoms. The van der Waals surface area contributed by atoms with Crippen molar-refractivity contribution in [1.82, 2.24) is 5.32 Å². The average Bonchev–Trinajstić information content (AvgIpc) is 3.06. The molecule has 0 saturated carbocycles. The number of aryl methyl sites for hydroxylation is 2. The summed E-state index contributed by atoms with van der Waals surface area (Å²) in [5, 5.41) is 2.86. The highest BCUT2D eigenvalue weighted by atomic mass is 16.5. The molecule has 1 aliphatic rings. The lowest BCUT2D eigenvalue weighted by molar-refractivity contribution is -0.123. The van der Waals surface area contributed by atoms with Crippen LogP contribution in [0.15, 0.2) is 42.5 Å². The number of ether oxygens (including phenoxy) is 1. The van der Waals surface area contributed by atoms with Gasteiger partial charge in [0.25, 0.3) is 5.91 Å². The van der Waals surface area contributed by atoms with Crippen molar-refractivity contribution in [2.45, 2.75) is 33.2 Å². The largest absolute Gasteiger partial charge is 0.483 e. The maximum absolute atomic E-state index is 12.0. The number of carbonyl (C=O) groups excluding carboxylic acids is 2. The Morgan fingerprint density at radius 1 is 1.12 bits per heavy atom. The van der Waals surface area contributed by atoms with Crippen molar-refractivity contribution >= 4 is 17.5 Å². The molecule has 136 valence electrons. The molecule has 0 atom stereocenters. The van der Waals surface area contributed by atoms with Gasteiger partial charge >= 0.3 is 0 Å². The summed E-state index contributed by atoms with van der Waals surface area (Å²) in [6.45, 7) is 5.14. The van der Waals surface area contributed by atoms with Crippen molar-refractivity contribution in [3.63, 3.8) is 0 Å². The maximum atomic E-state index is 12.0. The summed E-state index contributed by atoms with van der Waals surface area (Å²) in [5.41, 5.74) is 3.94. The molecule has 1 aliphatic heterocycles. The van der Waals surface area contributed by atoms with E-state index >= 15 is 0 Å². The monoisotopic (exact) mass is 352 g/mol. The molecule has 0 aromatic heterocycles. The van der Waals surface area contributed by atoms with Crippen molar-refractivity contribution in [2.24, 2.45) is 0 Å². The zero-order valence-corrected chi connectivity index (χ0v) is 15.2. The quantitative estimate of drug-likeness (QED) is 0.869. The molecule has 0 unspecified atom stereocenters. The van der Waals surface area contributed by atoms with Crippen LogP contribution in [0.25, 0.3) is 0 Å². The first-order chi connectivity index (χ1) is 12.5. The molecule has 26 heavy (non-hydrogen) atoms. The van der Waals surface area contributed by atoms with Crippen LogP contribution >= 0.6 is 0 Å². The van der Waals surface area contributed by atoms with Gasteiger partial charge in [0, 0.05) is 25.2 Å². The van der Waals surface area contributed by atoms with Gasteiger partial charge in [0.15, 0.2) is 6.61 Å². The average molecular weight is 352 g/mol. The van der Waals surface area contributed by atoms with Crippen LogP contribution in [0, 0.1) is 13.8 Å². The fourth-order valence-corrected chi connectivity index (χ4v) is 3.13. The number of carbonyl (C=O) groups is 2. The van der Waals surface area contributed by atoms with Crippen molar-refractivity contribution < 1.29 is 14.3 Å². The van der Waals surface area contributed by atoms with Crippen LogP contribution in [0.2, 0.25) is 0 Å². The van der Waals surface area contributed by atoms with Crippen LogP contribution in [0.5, 0.6) is 5.75 Å². The fourth-order valence-electron chi connectivity index (χ4n) is 3.13. The van der Waals surface area contributed by atoms with Crippen LogP contribution in [-0.2, 0) is 16.1 Å². The molecule has 2 aromatic rings. The molecule has 2 amide bonds. The minimum absolute atomic E-state index is 0.00788. The molecule has 0 bridgehead atoms. The second kappa shape index (κ2) is 8.04.